The molecule has 1 atom stereocenters. The molecule has 0 saturated carbocycles. The molecule has 1 spiro atoms. The van der Waals surface area contributed by atoms with Crippen molar-refractivity contribution in [1.82, 2.24) is 0 Å². The number of para-hydroxylation sites is 2. The topological polar surface area (TPSA) is 12.5 Å². The minimum absolute atomic E-state index is 0.570. The first-order valence-electron chi connectivity index (χ1n) is 18.9. The van der Waals surface area contributed by atoms with Crippen molar-refractivity contribution >= 4 is 27.8 Å². The van der Waals surface area contributed by atoms with Crippen molar-refractivity contribution in [2.24, 2.45) is 0 Å². The van der Waals surface area contributed by atoms with E-state index in [1.165, 1.54) is 66.4 Å². The number of hydrogen-bond donors (Lipinski definition) is 0. The summed E-state index contributed by atoms with van der Waals surface area (Å²) >= 11 is 0. The van der Waals surface area contributed by atoms with E-state index in [4.69, 9.17) is 4.74 Å². The van der Waals surface area contributed by atoms with Crippen LogP contribution in [-0.4, -0.2) is 0 Å². The van der Waals surface area contributed by atoms with Gasteiger partial charge in [0.2, 0.25) is 0 Å². The number of fused-ring (bicyclic) bond motifs is 11. The number of rotatable bonds is 5. The van der Waals surface area contributed by atoms with Gasteiger partial charge in [0.05, 0.1) is 11.1 Å². The molecule has 0 fully saturated rings. The summed E-state index contributed by atoms with van der Waals surface area (Å²) in [5.74, 6) is 1.80. The summed E-state index contributed by atoms with van der Waals surface area (Å²) in [7, 11) is 0. The van der Waals surface area contributed by atoms with Crippen LogP contribution in [0.15, 0.2) is 212 Å². The molecule has 9 aromatic rings. The van der Waals surface area contributed by atoms with Crippen LogP contribution in [0, 0.1) is 0 Å². The third kappa shape index (κ3) is 4.75. The highest BCUT2D eigenvalue weighted by Crippen LogP contribution is 2.64. The molecule has 258 valence electrons. The van der Waals surface area contributed by atoms with E-state index in [-0.39, 0.29) is 0 Å². The van der Waals surface area contributed by atoms with Gasteiger partial charge in [-0.15, -0.1) is 0 Å². The highest BCUT2D eigenvalue weighted by atomic mass is 16.5. The smallest absolute Gasteiger partial charge is 0.132 e. The predicted octanol–water partition coefficient (Wildman–Crippen LogP) is 14.1. The van der Waals surface area contributed by atoms with Crippen LogP contribution in [0.2, 0.25) is 0 Å². The molecule has 11 rings (SSSR count). The summed E-state index contributed by atoms with van der Waals surface area (Å²) in [5, 5.41) is 2.41. The van der Waals surface area contributed by atoms with Gasteiger partial charge in [-0.25, -0.2) is 0 Å². The van der Waals surface area contributed by atoms with Crippen molar-refractivity contribution in [1.29, 1.82) is 0 Å². The fourth-order valence-electron chi connectivity index (χ4n) is 9.20. The van der Waals surface area contributed by atoms with Crippen molar-refractivity contribution in [3.05, 3.63) is 235 Å². The quantitative estimate of drug-likeness (QED) is 0.177. The van der Waals surface area contributed by atoms with Crippen molar-refractivity contribution in [3.63, 3.8) is 0 Å². The van der Waals surface area contributed by atoms with Crippen LogP contribution < -0.4 is 9.64 Å². The van der Waals surface area contributed by atoms with Crippen molar-refractivity contribution in [2.75, 3.05) is 4.90 Å². The van der Waals surface area contributed by atoms with Gasteiger partial charge >= 0.3 is 0 Å². The third-order valence-electron chi connectivity index (χ3n) is 11.5. The molecule has 1 aliphatic carbocycles. The molecule has 0 saturated heterocycles. The zero-order valence-electron chi connectivity index (χ0n) is 30.1. The summed E-state index contributed by atoms with van der Waals surface area (Å²) < 4.78 is 6.77. The number of anilines is 3. The SMILES string of the molecule is c1ccc(-c2ccc(N(c3ccc4c(c3)-c3ccccc3C43c4ccccc4Oc4ccc5ccccc5c43)c3ccccc3-c3ccccc3)cc2)cc1. The second kappa shape index (κ2) is 12.5. The summed E-state index contributed by atoms with van der Waals surface area (Å²) in [6.07, 6.45) is 0. The Bertz CT molecular complexity index is 2900. The van der Waals surface area contributed by atoms with Crippen molar-refractivity contribution in [3.8, 4) is 44.9 Å². The molecule has 9 aromatic carbocycles. The standard InChI is InChI=1S/C53H35NO/c1-3-15-36(16-4-1)37-27-30-40(31-28-37)54(49-25-13-10-20-42(49)38-17-5-2-6-18-38)41-32-33-47-45(35-41)44-22-9-11-23-46(44)53(47)48-24-12-14-26-50(48)55-51-34-29-39-19-7-8-21-43(39)52(51)53/h1-35H. The van der Waals surface area contributed by atoms with Crippen molar-refractivity contribution in [2.45, 2.75) is 5.41 Å². The lowest BCUT2D eigenvalue weighted by Crippen LogP contribution is -2.32. The lowest BCUT2D eigenvalue weighted by atomic mass is 9.65. The molecule has 55 heavy (non-hydrogen) atoms. The molecule has 2 nitrogen and oxygen atoms in total. The maximum Gasteiger partial charge on any atom is 0.132 e. The maximum atomic E-state index is 6.77. The Hall–Kier alpha value is -7.16. The average molecular weight is 702 g/mol. The zero-order chi connectivity index (χ0) is 36.3. The van der Waals surface area contributed by atoms with E-state index in [1.54, 1.807) is 0 Å². The van der Waals surface area contributed by atoms with Crippen LogP contribution in [0.4, 0.5) is 17.1 Å². The van der Waals surface area contributed by atoms with Gasteiger partial charge in [-0.05, 0) is 92.2 Å². The molecule has 2 aliphatic rings. The van der Waals surface area contributed by atoms with E-state index >= 15 is 0 Å². The summed E-state index contributed by atoms with van der Waals surface area (Å²) in [4.78, 5) is 2.42. The Morgan fingerprint density at radius 3 is 1.78 bits per heavy atom. The molecule has 0 radical (unpaired) electrons. The van der Waals surface area contributed by atoms with E-state index in [0.717, 1.165) is 28.6 Å². The van der Waals surface area contributed by atoms with Gasteiger partial charge in [-0.2, -0.15) is 0 Å². The van der Waals surface area contributed by atoms with E-state index in [2.05, 4.69) is 217 Å². The molecule has 1 unspecified atom stereocenters. The highest BCUT2D eigenvalue weighted by Gasteiger charge is 2.52. The van der Waals surface area contributed by atoms with Crippen LogP contribution in [0.3, 0.4) is 0 Å². The Morgan fingerprint density at radius 2 is 0.964 bits per heavy atom. The van der Waals surface area contributed by atoms with E-state index in [9.17, 15) is 0 Å². The van der Waals surface area contributed by atoms with Gasteiger partial charge in [0.25, 0.3) is 0 Å². The molecule has 0 bridgehead atoms. The molecule has 0 amide bonds. The van der Waals surface area contributed by atoms with Gasteiger partial charge in [-0.1, -0.05) is 170 Å². The maximum absolute atomic E-state index is 6.77. The Morgan fingerprint density at radius 1 is 0.364 bits per heavy atom. The first-order valence-corrected chi connectivity index (χ1v) is 18.9. The van der Waals surface area contributed by atoms with Crippen LogP contribution in [0.5, 0.6) is 11.5 Å². The minimum Gasteiger partial charge on any atom is -0.457 e. The zero-order valence-corrected chi connectivity index (χ0v) is 30.1. The highest BCUT2D eigenvalue weighted by molar-refractivity contribution is 5.99. The van der Waals surface area contributed by atoms with Crippen LogP contribution in [0.1, 0.15) is 22.3 Å². The van der Waals surface area contributed by atoms with Gasteiger partial charge in [-0.3, -0.25) is 0 Å². The lowest BCUT2D eigenvalue weighted by molar-refractivity contribution is 0.438. The largest absolute Gasteiger partial charge is 0.457 e. The van der Waals surface area contributed by atoms with Gasteiger partial charge in [0.1, 0.15) is 11.5 Å². The Kier molecular flexibility index (Phi) is 7.11. The molecule has 0 N–H and O–H groups in total. The fourth-order valence-corrected chi connectivity index (χ4v) is 9.20. The molecule has 2 heteroatoms. The normalized spacial score (nSPS) is 14.8. The summed E-state index contributed by atoms with van der Waals surface area (Å²) in [6.45, 7) is 0. The predicted molar refractivity (Wildman–Crippen MR) is 227 cm³/mol. The molecule has 1 heterocycles. The van der Waals surface area contributed by atoms with Crippen LogP contribution in [-0.2, 0) is 5.41 Å². The monoisotopic (exact) mass is 701 g/mol. The van der Waals surface area contributed by atoms with Gasteiger partial charge < -0.3 is 9.64 Å². The fraction of sp³-hybridized carbons (Fsp3) is 0.0189. The van der Waals surface area contributed by atoms with E-state index in [0.29, 0.717) is 0 Å². The second-order valence-corrected chi connectivity index (χ2v) is 14.4. The number of ether oxygens (including phenoxy) is 1. The lowest BCUT2D eigenvalue weighted by Gasteiger charge is -2.40. The molecule has 0 aromatic heterocycles. The summed E-state index contributed by atoms with van der Waals surface area (Å²) in [6, 6.07) is 76.8. The van der Waals surface area contributed by atoms with Crippen LogP contribution >= 0.6 is 0 Å². The first kappa shape index (κ1) is 31.4. The van der Waals surface area contributed by atoms with Gasteiger partial charge in [0.15, 0.2) is 0 Å². The third-order valence-corrected chi connectivity index (χ3v) is 11.5. The van der Waals surface area contributed by atoms with Crippen LogP contribution in [0.25, 0.3) is 44.2 Å². The first-order chi connectivity index (χ1) is 27.3. The van der Waals surface area contributed by atoms with E-state index < -0.39 is 5.41 Å². The number of benzene rings is 9. The number of nitrogens with zero attached hydrogens (tertiary/aromatic N) is 1. The minimum atomic E-state index is -0.570. The molecular formula is C53H35NO. The number of hydrogen-bond acceptors (Lipinski definition) is 2. The molecule has 1 aliphatic heterocycles. The Labute approximate surface area is 321 Å². The Balaban J connectivity index is 1.18. The van der Waals surface area contributed by atoms with E-state index in [1.807, 2.05) is 0 Å². The second-order valence-electron chi connectivity index (χ2n) is 14.4. The van der Waals surface area contributed by atoms with Gasteiger partial charge in [0, 0.05) is 28.1 Å². The molecular weight excluding hydrogens is 667 g/mol. The average Bonchev–Trinajstić information content (AvgIpc) is 3.54. The summed E-state index contributed by atoms with van der Waals surface area (Å²) in [5.41, 5.74) is 14.9. The van der Waals surface area contributed by atoms with Crippen molar-refractivity contribution < 1.29 is 4.74 Å².